The second-order valence-electron chi connectivity index (χ2n) is 27.6. The zero-order chi connectivity index (χ0) is 77.3. The average molecular weight is 1460 g/mol. The molecule has 0 radical (unpaired) electrons. The van der Waals surface area contributed by atoms with Gasteiger partial charge < -0.3 is 101 Å². The summed E-state index contributed by atoms with van der Waals surface area (Å²) in [5.74, 6) is -8.96. The molecule has 32 heteroatoms. The standard InChI is InChI=1S/C71H112N10O22/c1-16-40(8)56(50(98-14)35-52(84)81-31-21-25-48(81)61(99-15)42(10)63(89)74-43(11)57(85)45-22-18-17-19-23-45)79(12)67(93)54(38(4)5)78-66(92)55(39(6)7)80(13)71(97)101-36-44-26-27-49(102-69-60(88)58(86)59(87)62(103-69)68(94)95)47(34-44)76-64(90)46(24-20-30-73-70(72)96)75-65(91)53(37(2)3)77-51(83)29-33-100-32-28-41(9)82/h17-19,22-23,26-27,34,37-40,42-43,46,48,50,53-62,69,85-88H,16,20-21,24-25,28-33,35-36H2,1-15H3,(H,74,89)(H,75,91)(H,76,90)(H,77,83)(H,78,92)(H,94,95)(H3,72,73,96)/t40-,42+,43+,46-,48-,50+,53-,54-,55-,56-,57+,58-,59-,60+,61+,62-,69+/m0/s1. The number of benzene rings is 2. The Morgan fingerprint density at radius 3 is 1.98 bits per heavy atom. The minimum atomic E-state index is -2.10. The molecular formula is C71H112N10O22. The van der Waals surface area contributed by atoms with Crippen molar-refractivity contribution >= 4 is 70.9 Å². The summed E-state index contributed by atoms with van der Waals surface area (Å²) in [6, 6.07) is 4.99. The fourth-order valence-corrected chi connectivity index (χ4v) is 12.6. The molecule has 17 atom stereocenters. The highest BCUT2D eigenvalue weighted by molar-refractivity contribution is 5.99. The van der Waals surface area contributed by atoms with Gasteiger partial charge in [0.25, 0.3) is 0 Å². The molecule has 2 aliphatic rings. The number of carbonyl (C=O) groups excluding carboxylic acids is 10. The molecule has 0 spiro atoms. The van der Waals surface area contributed by atoms with E-state index >= 15 is 0 Å². The molecule has 2 aromatic carbocycles. The first-order valence-electron chi connectivity index (χ1n) is 35.1. The van der Waals surface area contributed by atoms with Gasteiger partial charge in [0.2, 0.25) is 47.6 Å². The Balaban J connectivity index is 1.58. The number of likely N-dealkylation sites (tertiary alicyclic amines) is 1. The van der Waals surface area contributed by atoms with Crippen LogP contribution in [0, 0.1) is 29.6 Å². The molecule has 0 aromatic heterocycles. The van der Waals surface area contributed by atoms with Crippen LogP contribution in [0.2, 0.25) is 0 Å². The lowest BCUT2D eigenvalue weighted by Crippen LogP contribution is -2.61. The molecule has 2 aromatic rings. The average Bonchev–Trinajstić information content (AvgIpc) is 1.44. The van der Waals surface area contributed by atoms with E-state index < -0.39 is 169 Å². The summed E-state index contributed by atoms with van der Waals surface area (Å²) in [6.07, 6.45) is -12.5. The van der Waals surface area contributed by atoms with Crippen molar-refractivity contribution in [1.82, 2.24) is 41.3 Å². The molecule has 2 aliphatic heterocycles. The van der Waals surface area contributed by atoms with Gasteiger partial charge in [-0.1, -0.05) is 105 Å². The van der Waals surface area contributed by atoms with Gasteiger partial charge in [0, 0.05) is 54.2 Å². The van der Waals surface area contributed by atoms with Crippen LogP contribution in [0.3, 0.4) is 0 Å². The van der Waals surface area contributed by atoms with Gasteiger partial charge in [-0.05, 0) is 86.5 Å². The van der Waals surface area contributed by atoms with Crippen molar-refractivity contribution in [2.75, 3.05) is 59.9 Å². The van der Waals surface area contributed by atoms with Gasteiger partial charge >= 0.3 is 18.1 Å². The first kappa shape index (κ1) is 87.3. The molecule has 13 N–H and O–H groups in total. The van der Waals surface area contributed by atoms with E-state index in [4.69, 9.17) is 34.2 Å². The highest BCUT2D eigenvalue weighted by Crippen LogP contribution is 2.34. The largest absolute Gasteiger partial charge is 0.479 e. The molecule has 4 rings (SSSR count). The van der Waals surface area contributed by atoms with Crippen molar-refractivity contribution in [3.8, 4) is 5.75 Å². The van der Waals surface area contributed by atoms with Crippen LogP contribution in [-0.4, -0.2) is 245 Å². The molecule has 2 fully saturated rings. The quantitative estimate of drug-likeness (QED) is 0.0425. The predicted octanol–water partition coefficient (Wildman–Crippen LogP) is 2.25. The van der Waals surface area contributed by atoms with E-state index in [0.717, 1.165) is 4.90 Å². The van der Waals surface area contributed by atoms with Crippen LogP contribution in [0.1, 0.15) is 145 Å². The van der Waals surface area contributed by atoms with E-state index in [2.05, 4.69) is 31.9 Å². The van der Waals surface area contributed by atoms with Gasteiger partial charge in [-0.2, -0.15) is 0 Å². The number of nitrogens with two attached hydrogens (primary N) is 1. The number of hydrogen-bond acceptors (Lipinski definition) is 21. The number of anilines is 1. The molecule has 32 nitrogen and oxygen atoms in total. The third-order valence-corrected chi connectivity index (χ3v) is 18.7. The topological polar surface area (TPSA) is 452 Å². The second-order valence-corrected chi connectivity index (χ2v) is 27.6. The first-order chi connectivity index (χ1) is 48.5. The van der Waals surface area contributed by atoms with Crippen LogP contribution in [-0.2, 0) is 73.4 Å². The van der Waals surface area contributed by atoms with Crippen LogP contribution in [0.25, 0.3) is 0 Å². The number of carboxylic acid groups (broad SMARTS) is 1. The minimum absolute atomic E-state index is 0.0500. The Hall–Kier alpha value is -8.11. The monoisotopic (exact) mass is 1460 g/mol. The number of nitrogens with one attached hydrogen (secondary N) is 6. The Morgan fingerprint density at radius 1 is 0.748 bits per heavy atom. The number of methoxy groups -OCH3 is 2. The van der Waals surface area contributed by atoms with Gasteiger partial charge in [-0.15, -0.1) is 0 Å². The van der Waals surface area contributed by atoms with Crippen LogP contribution in [0.15, 0.2) is 48.5 Å². The molecule has 0 unspecified atom stereocenters. The lowest BCUT2D eigenvalue weighted by molar-refractivity contribution is -0.271. The van der Waals surface area contributed by atoms with E-state index in [1.165, 1.54) is 51.3 Å². The number of nitrogens with zero attached hydrogens (tertiary/aromatic N) is 3. The number of ketones is 1. The van der Waals surface area contributed by atoms with Crippen molar-refractivity contribution in [2.24, 2.45) is 35.3 Å². The number of aliphatic hydroxyl groups excluding tert-OH is 4. The molecule has 10 amide bonds. The molecule has 2 saturated heterocycles. The Labute approximate surface area is 602 Å². The lowest BCUT2D eigenvalue weighted by Gasteiger charge is -2.41. The maximum Gasteiger partial charge on any atom is 0.410 e. The van der Waals surface area contributed by atoms with Crippen LogP contribution in [0.5, 0.6) is 5.75 Å². The third kappa shape index (κ3) is 25.3. The van der Waals surface area contributed by atoms with Crippen molar-refractivity contribution in [3.63, 3.8) is 0 Å². The van der Waals surface area contributed by atoms with Gasteiger partial charge in [-0.25, -0.2) is 14.4 Å². The Kier molecular flexibility index (Phi) is 35.6. The van der Waals surface area contributed by atoms with E-state index in [0.29, 0.717) is 31.4 Å². The number of aliphatic hydroxyl groups is 4. The van der Waals surface area contributed by atoms with Gasteiger partial charge in [0.15, 0.2) is 6.10 Å². The molecular weight excluding hydrogens is 1340 g/mol. The van der Waals surface area contributed by atoms with Gasteiger partial charge in [0.05, 0.1) is 67.7 Å². The van der Waals surface area contributed by atoms with Crippen molar-refractivity contribution in [1.29, 1.82) is 0 Å². The third-order valence-electron chi connectivity index (χ3n) is 18.7. The van der Waals surface area contributed by atoms with E-state index in [1.54, 1.807) is 91.6 Å². The van der Waals surface area contributed by atoms with Crippen molar-refractivity contribution < 1.29 is 107 Å². The summed E-state index contributed by atoms with van der Waals surface area (Å²) >= 11 is 0. The molecule has 0 aliphatic carbocycles. The van der Waals surface area contributed by atoms with E-state index in [9.17, 15) is 78.3 Å². The number of Topliss-reactive ketones (excluding diaryl/α,β-unsaturated/α-hetero) is 1. The Morgan fingerprint density at radius 2 is 1.40 bits per heavy atom. The second kappa shape index (κ2) is 42.0. The van der Waals surface area contributed by atoms with Crippen molar-refractivity contribution in [2.45, 2.75) is 225 Å². The number of carboxylic acids is 1. The lowest BCUT2D eigenvalue weighted by atomic mass is 9.89. The van der Waals surface area contributed by atoms with E-state index in [1.807, 2.05) is 19.9 Å². The summed E-state index contributed by atoms with van der Waals surface area (Å²) in [5, 5.41) is 68.9. The molecule has 578 valence electrons. The number of carbonyl (C=O) groups is 11. The maximum atomic E-state index is 15.0. The SMILES string of the molecule is CC[C@H](C)[C@@H]([C@@H](CC(=O)N1CCC[C@H]1[C@H](OC)[C@@H](C)C(=O)N[C@H](C)[C@@H](O)c1ccccc1)OC)N(C)C(=O)[C@@H](NC(=O)[C@H](C(C)C)N(C)C(=O)OCc1ccc(O[C@@H]2O[C@H](C(=O)O)[C@@H](O)[C@H](O)[C@H]2O)c(NC(=O)[C@H](CCCNC(N)=O)NC(=O)[C@@H](NC(=O)CCOCCC(C)=O)C(C)C)c1)C(C)C. The number of amides is 10. The fourth-order valence-electron chi connectivity index (χ4n) is 12.6. The van der Waals surface area contributed by atoms with Gasteiger partial charge in [0.1, 0.15) is 60.6 Å². The summed E-state index contributed by atoms with van der Waals surface area (Å²) in [7, 11) is 5.85. The highest BCUT2D eigenvalue weighted by atomic mass is 16.7. The Bertz CT molecular complexity index is 3150. The summed E-state index contributed by atoms with van der Waals surface area (Å²) in [6.45, 7) is 18.6. The maximum absolute atomic E-state index is 15.0. The molecule has 2 heterocycles. The summed E-state index contributed by atoms with van der Waals surface area (Å²) in [4.78, 5) is 153. The molecule has 0 saturated carbocycles. The molecule has 103 heavy (non-hydrogen) atoms. The zero-order valence-electron chi connectivity index (χ0n) is 62.0. The fraction of sp³-hybridized carbons (Fsp3) is 0.676. The number of ether oxygens (including phenoxy) is 6. The molecule has 0 bridgehead atoms. The summed E-state index contributed by atoms with van der Waals surface area (Å²) < 4.78 is 34.5. The number of hydrogen-bond donors (Lipinski definition) is 12. The number of aliphatic carboxylic acids is 1. The normalized spacial score (nSPS) is 20.7. The predicted molar refractivity (Wildman–Crippen MR) is 375 cm³/mol. The zero-order valence-corrected chi connectivity index (χ0v) is 62.0. The van der Waals surface area contributed by atoms with Crippen LogP contribution < -0.4 is 42.4 Å². The van der Waals surface area contributed by atoms with E-state index in [-0.39, 0.29) is 92.4 Å². The first-order valence-corrected chi connectivity index (χ1v) is 35.1. The van der Waals surface area contributed by atoms with Gasteiger partial charge in [-0.3, -0.25) is 43.3 Å². The smallest absolute Gasteiger partial charge is 0.410 e. The highest BCUT2D eigenvalue weighted by Gasteiger charge is 2.49. The number of primary amides is 1. The number of likely N-dealkylation sites (N-methyl/N-ethyl adjacent to an activating group) is 2. The number of rotatable bonds is 41. The summed E-state index contributed by atoms with van der Waals surface area (Å²) in [5.41, 5.74) is 5.79. The number of urea groups is 1. The van der Waals surface area contributed by atoms with Crippen LogP contribution >= 0.6 is 0 Å². The minimum Gasteiger partial charge on any atom is -0.479 e. The van der Waals surface area contributed by atoms with Crippen LogP contribution in [0.4, 0.5) is 15.3 Å². The van der Waals surface area contributed by atoms with Crippen molar-refractivity contribution in [3.05, 3.63) is 59.7 Å².